The first-order chi connectivity index (χ1) is 8.31. The van der Waals surface area contributed by atoms with Crippen molar-refractivity contribution in [2.24, 2.45) is 0 Å². The van der Waals surface area contributed by atoms with Crippen LogP contribution in [0.4, 0.5) is 11.6 Å². The summed E-state index contributed by atoms with van der Waals surface area (Å²) in [5, 5.41) is 8.65. The standard InChI is InChI=1S/C11H15N5O/c1-15(3-2-12)10-8-11(14-9-13-10)16-4-6-17-7-5-16/h8-9H,3-7H2,1H3. The average molecular weight is 233 g/mol. The van der Waals surface area contributed by atoms with Crippen LogP contribution in [0.2, 0.25) is 0 Å². The lowest BCUT2D eigenvalue weighted by molar-refractivity contribution is 0.122. The quantitative estimate of drug-likeness (QED) is 0.698. The SMILES string of the molecule is CN(CC#N)c1cc(N2CCOCC2)ncn1. The lowest BCUT2D eigenvalue weighted by atomic mass is 10.4. The summed E-state index contributed by atoms with van der Waals surface area (Å²) < 4.78 is 5.30. The molecule has 0 N–H and O–H groups in total. The van der Waals surface area contributed by atoms with E-state index in [1.807, 2.05) is 13.1 Å². The number of nitriles is 1. The van der Waals surface area contributed by atoms with Crippen LogP contribution in [0.15, 0.2) is 12.4 Å². The number of nitrogens with zero attached hydrogens (tertiary/aromatic N) is 5. The van der Waals surface area contributed by atoms with Crippen LogP contribution in [0, 0.1) is 11.3 Å². The Morgan fingerprint density at radius 2 is 2.24 bits per heavy atom. The van der Waals surface area contributed by atoms with Gasteiger partial charge in [0.05, 0.1) is 19.3 Å². The van der Waals surface area contributed by atoms with Gasteiger partial charge < -0.3 is 14.5 Å². The Bertz CT molecular complexity index is 411. The van der Waals surface area contributed by atoms with Crippen molar-refractivity contribution in [2.45, 2.75) is 0 Å². The predicted octanol–water partition coefficient (Wildman–Crippen LogP) is 0.273. The van der Waals surface area contributed by atoms with E-state index in [1.165, 1.54) is 6.33 Å². The lowest BCUT2D eigenvalue weighted by Gasteiger charge is -2.28. The molecule has 1 fully saturated rings. The van der Waals surface area contributed by atoms with Crippen molar-refractivity contribution in [3.8, 4) is 6.07 Å². The van der Waals surface area contributed by atoms with Gasteiger partial charge in [-0.3, -0.25) is 0 Å². The van der Waals surface area contributed by atoms with Gasteiger partial charge in [-0.05, 0) is 0 Å². The summed E-state index contributed by atoms with van der Waals surface area (Å²) in [6.45, 7) is 3.47. The van der Waals surface area contributed by atoms with Crippen LogP contribution >= 0.6 is 0 Å². The van der Waals surface area contributed by atoms with Crippen LogP contribution in [0.5, 0.6) is 0 Å². The highest BCUT2D eigenvalue weighted by atomic mass is 16.5. The molecule has 0 saturated carbocycles. The van der Waals surface area contributed by atoms with Crippen molar-refractivity contribution >= 4 is 11.6 Å². The summed E-state index contributed by atoms with van der Waals surface area (Å²) >= 11 is 0. The first-order valence-electron chi connectivity index (χ1n) is 5.54. The van der Waals surface area contributed by atoms with Gasteiger partial charge in [0.1, 0.15) is 24.5 Å². The van der Waals surface area contributed by atoms with E-state index in [4.69, 9.17) is 10.00 Å². The Morgan fingerprint density at radius 3 is 2.94 bits per heavy atom. The van der Waals surface area contributed by atoms with Gasteiger partial charge in [0.25, 0.3) is 0 Å². The number of rotatable bonds is 3. The van der Waals surface area contributed by atoms with E-state index in [0.29, 0.717) is 6.54 Å². The van der Waals surface area contributed by atoms with E-state index in [1.54, 1.807) is 4.90 Å². The topological polar surface area (TPSA) is 65.3 Å². The summed E-state index contributed by atoms with van der Waals surface area (Å²) in [7, 11) is 1.84. The molecule has 2 rings (SSSR count). The molecule has 6 nitrogen and oxygen atoms in total. The second-order valence-electron chi connectivity index (χ2n) is 3.85. The molecule has 1 aromatic heterocycles. The zero-order valence-electron chi connectivity index (χ0n) is 9.83. The molecular weight excluding hydrogens is 218 g/mol. The lowest BCUT2D eigenvalue weighted by Crippen LogP contribution is -2.37. The van der Waals surface area contributed by atoms with Gasteiger partial charge in [-0.2, -0.15) is 5.26 Å². The predicted molar refractivity (Wildman–Crippen MR) is 63.9 cm³/mol. The molecule has 0 radical (unpaired) electrons. The van der Waals surface area contributed by atoms with Gasteiger partial charge >= 0.3 is 0 Å². The van der Waals surface area contributed by atoms with Crippen molar-refractivity contribution in [2.75, 3.05) is 49.7 Å². The molecule has 0 bridgehead atoms. The maximum Gasteiger partial charge on any atom is 0.134 e. The first kappa shape index (κ1) is 11.6. The number of ether oxygens (including phenoxy) is 1. The highest BCUT2D eigenvalue weighted by molar-refractivity contribution is 5.50. The number of hydrogen-bond acceptors (Lipinski definition) is 6. The summed E-state index contributed by atoms with van der Waals surface area (Å²) in [5.41, 5.74) is 0. The molecule has 1 aliphatic rings. The summed E-state index contributed by atoms with van der Waals surface area (Å²) in [5.74, 6) is 1.66. The van der Waals surface area contributed by atoms with E-state index in [9.17, 15) is 0 Å². The molecule has 17 heavy (non-hydrogen) atoms. The molecule has 2 heterocycles. The third kappa shape index (κ3) is 2.82. The summed E-state index contributed by atoms with van der Waals surface area (Å²) in [4.78, 5) is 12.4. The molecule has 0 aliphatic carbocycles. The summed E-state index contributed by atoms with van der Waals surface area (Å²) in [6.07, 6.45) is 1.54. The smallest absolute Gasteiger partial charge is 0.134 e. The van der Waals surface area contributed by atoms with Gasteiger partial charge in [0.2, 0.25) is 0 Å². The Kier molecular flexibility index (Phi) is 3.73. The third-order valence-electron chi connectivity index (χ3n) is 2.67. The second-order valence-corrected chi connectivity index (χ2v) is 3.85. The van der Waals surface area contributed by atoms with Crippen LogP contribution in [0.25, 0.3) is 0 Å². The van der Waals surface area contributed by atoms with E-state index < -0.39 is 0 Å². The van der Waals surface area contributed by atoms with E-state index in [0.717, 1.165) is 37.9 Å². The third-order valence-corrected chi connectivity index (χ3v) is 2.67. The second kappa shape index (κ2) is 5.46. The van der Waals surface area contributed by atoms with Crippen LogP contribution in [0.1, 0.15) is 0 Å². The Morgan fingerprint density at radius 1 is 1.47 bits per heavy atom. The maximum atomic E-state index is 8.65. The fourth-order valence-electron chi connectivity index (χ4n) is 1.70. The molecule has 0 spiro atoms. The highest BCUT2D eigenvalue weighted by Crippen LogP contribution is 2.17. The van der Waals surface area contributed by atoms with Gasteiger partial charge in [-0.1, -0.05) is 0 Å². The molecule has 1 saturated heterocycles. The first-order valence-corrected chi connectivity index (χ1v) is 5.54. The minimum Gasteiger partial charge on any atom is -0.378 e. The number of morpholine rings is 1. The zero-order valence-corrected chi connectivity index (χ0v) is 9.83. The van der Waals surface area contributed by atoms with Gasteiger partial charge in [0.15, 0.2) is 0 Å². The Balaban J connectivity index is 2.13. The number of anilines is 2. The largest absolute Gasteiger partial charge is 0.378 e. The summed E-state index contributed by atoms with van der Waals surface area (Å²) in [6, 6.07) is 4.00. The molecule has 0 atom stereocenters. The molecule has 0 amide bonds. The average Bonchev–Trinajstić information content (AvgIpc) is 2.40. The molecule has 0 unspecified atom stereocenters. The fourth-order valence-corrected chi connectivity index (χ4v) is 1.70. The van der Waals surface area contributed by atoms with Crippen LogP contribution in [-0.2, 0) is 4.74 Å². The van der Waals surface area contributed by atoms with Crippen molar-refractivity contribution in [3.63, 3.8) is 0 Å². The van der Waals surface area contributed by atoms with Gasteiger partial charge in [-0.15, -0.1) is 0 Å². The van der Waals surface area contributed by atoms with Crippen molar-refractivity contribution in [3.05, 3.63) is 12.4 Å². The van der Waals surface area contributed by atoms with Crippen LogP contribution in [-0.4, -0.2) is 49.9 Å². The normalized spacial score (nSPS) is 15.4. The van der Waals surface area contributed by atoms with Crippen LogP contribution < -0.4 is 9.80 Å². The zero-order chi connectivity index (χ0) is 12.1. The molecule has 90 valence electrons. The molecule has 0 aromatic carbocycles. The number of hydrogen-bond donors (Lipinski definition) is 0. The van der Waals surface area contributed by atoms with E-state index >= 15 is 0 Å². The molecular formula is C11H15N5O. The van der Waals surface area contributed by atoms with Crippen molar-refractivity contribution in [1.82, 2.24) is 9.97 Å². The number of aromatic nitrogens is 2. The highest BCUT2D eigenvalue weighted by Gasteiger charge is 2.13. The fraction of sp³-hybridized carbons (Fsp3) is 0.545. The van der Waals surface area contributed by atoms with Gasteiger partial charge in [-0.25, -0.2) is 9.97 Å². The minimum absolute atomic E-state index is 0.319. The minimum atomic E-state index is 0.319. The monoisotopic (exact) mass is 233 g/mol. The van der Waals surface area contributed by atoms with Crippen LogP contribution in [0.3, 0.4) is 0 Å². The maximum absolute atomic E-state index is 8.65. The Labute approximate surface area is 100 Å². The molecule has 1 aromatic rings. The molecule has 6 heteroatoms. The van der Waals surface area contributed by atoms with Gasteiger partial charge in [0, 0.05) is 26.2 Å². The van der Waals surface area contributed by atoms with E-state index in [2.05, 4.69) is 20.9 Å². The van der Waals surface area contributed by atoms with Crippen molar-refractivity contribution < 1.29 is 4.74 Å². The Hall–Kier alpha value is -1.87. The molecule has 1 aliphatic heterocycles. The van der Waals surface area contributed by atoms with Crippen molar-refractivity contribution in [1.29, 1.82) is 5.26 Å². The van der Waals surface area contributed by atoms with E-state index in [-0.39, 0.29) is 0 Å².